The molecule has 1 aliphatic heterocycles. The van der Waals surface area contributed by atoms with E-state index >= 15 is 0 Å². The number of benzene rings is 2. The molecule has 3 rings (SSSR count). The molecule has 1 heterocycles. The molecule has 4 atom stereocenters. The highest BCUT2D eigenvalue weighted by Crippen LogP contribution is 2.37. The lowest BCUT2D eigenvalue weighted by molar-refractivity contribution is -0.156. The summed E-state index contributed by atoms with van der Waals surface area (Å²) in [6.45, 7) is 2.65. The van der Waals surface area contributed by atoms with Crippen LogP contribution in [0.25, 0.3) is 0 Å². The van der Waals surface area contributed by atoms with Crippen molar-refractivity contribution in [3.8, 4) is 0 Å². The molecular formula is C22H26O4S. The number of carbonyl (C=O) groups is 1. The quantitative estimate of drug-likeness (QED) is 0.647. The maximum absolute atomic E-state index is 11.8. The Morgan fingerprint density at radius 3 is 2.44 bits per heavy atom. The molecule has 4 nitrogen and oxygen atoms in total. The van der Waals surface area contributed by atoms with E-state index in [4.69, 9.17) is 14.2 Å². The van der Waals surface area contributed by atoms with E-state index in [0.717, 1.165) is 16.9 Å². The number of thioether (sulfide) groups is 1. The molecule has 0 radical (unpaired) electrons. The first-order chi connectivity index (χ1) is 13.2. The number of hydrogen-bond acceptors (Lipinski definition) is 5. The van der Waals surface area contributed by atoms with Gasteiger partial charge in [-0.1, -0.05) is 67.2 Å². The Hall–Kier alpha value is -1.82. The van der Waals surface area contributed by atoms with Crippen LogP contribution >= 0.6 is 11.8 Å². The fraction of sp³-hybridized carbons (Fsp3) is 0.409. The highest BCUT2D eigenvalue weighted by Gasteiger charge is 2.38. The van der Waals surface area contributed by atoms with Gasteiger partial charge in [0, 0.05) is 17.2 Å². The van der Waals surface area contributed by atoms with Gasteiger partial charge in [0.05, 0.1) is 32.3 Å². The molecule has 5 heteroatoms. The summed E-state index contributed by atoms with van der Waals surface area (Å²) >= 11 is 1.68. The average molecular weight is 387 g/mol. The molecule has 0 N–H and O–H groups in total. The van der Waals surface area contributed by atoms with Gasteiger partial charge in [0.25, 0.3) is 0 Å². The Balaban J connectivity index is 1.68. The molecule has 0 bridgehead atoms. The van der Waals surface area contributed by atoms with Crippen molar-refractivity contribution in [3.63, 3.8) is 0 Å². The van der Waals surface area contributed by atoms with E-state index in [-0.39, 0.29) is 36.0 Å². The van der Waals surface area contributed by atoms with Crippen LogP contribution in [0.15, 0.2) is 65.6 Å². The van der Waals surface area contributed by atoms with Crippen LogP contribution in [0, 0.1) is 5.92 Å². The molecule has 1 unspecified atom stereocenters. The third-order valence-electron chi connectivity index (χ3n) is 4.84. The number of esters is 1. The minimum Gasteiger partial charge on any atom is -0.469 e. The summed E-state index contributed by atoms with van der Waals surface area (Å²) < 4.78 is 17.3. The molecule has 2 aromatic carbocycles. The van der Waals surface area contributed by atoms with E-state index in [2.05, 4.69) is 31.2 Å². The molecule has 0 aliphatic carbocycles. The Kier molecular flexibility index (Phi) is 7.33. The minimum absolute atomic E-state index is 0.0230. The zero-order chi connectivity index (χ0) is 19.1. The summed E-state index contributed by atoms with van der Waals surface area (Å²) in [5, 5.41) is 0. The van der Waals surface area contributed by atoms with E-state index in [0.29, 0.717) is 6.61 Å². The first kappa shape index (κ1) is 19.9. The highest BCUT2D eigenvalue weighted by atomic mass is 32.2. The van der Waals surface area contributed by atoms with Gasteiger partial charge in [0.15, 0.2) is 0 Å². The zero-order valence-corrected chi connectivity index (χ0v) is 16.6. The molecule has 1 aliphatic rings. The largest absolute Gasteiger partial charge is 0.469 e. The van der Waals surface area contributed by atoms with Crippen LogP contribution in [0.2, 0.25) is 0 Å². The summed E-state index contributed by atoms with van der Waals surface area (Å²) in [6, 6.07) is 20.3. The molecule has 1 fully saturated rings. The SMILES string of the molecule is COC(=O)C[C@H]1OC(Sc2ccccc2)C[C@H](OCc2ccccc2)[C@H]1C. The van der Waals surface area contributed by atoms with Crippen LogP contribution in [-0.4, -0.2) is 30.7 Å². The second-order valence-corrected chi connectivity index (χ2v) is 7.98. The van der Waals surface area contributed by atoms with Crippen molar-refractivity contribution in [1.82, 2.24) is 0 Å². The van der Waals surface area contributed by atoms with Gasteiger partial charge in [-0.15, -0.1) is 0 Å². The van der Waals surface area contributed by atoms with Crippen molar-refractivity contribution < 1.29 is 19.0 Å². The van der Waals surface area contributed by atoms with Gasteiger partial charge in [-0.05, 0) is 17.7 Å². The van der Waals surface area contributed by atoms with Gasteiger partial charge < -0.3 is 14.2 Å². The van der Waals surface area contributed by atoms with Gasteiger partial charge >= 0.3 is 5.97 Å². The lowest BCUT2D eigenvalue weighted by atomic mass is 9.91. The van der Waals surface area contributed by atoms with Crippen LogP contribution in [0.1, 0.15) is 25.3 Å². The Morgan fingerprint density at radius 1 is 1.11 bits per heavy atom. The van der Waals surface area contributed by atoms with E-state index in [1.807, 2.05) is 36.4 Å². The molecule has 1 saturated heterocycles. The molecule has 27 heavy (non-hydrogen) atoms. The standard InChI is InChI=1S/C22H26O4S/c1-16-19(25-15-17-9-5-3-6-10-17)14-22(26-20(16)13-21(23)24-2)27-18-11-7-4-8-12-18/h3-12,16,19-20,22H,13-15H2,1-2H3/t16-,19+,20-,22?/m1/s1. The summed E-state index contributed by atoms with van der Waals surface area (Å²) in [7, 11) is 1.41. The Morgan fingerprint density at radius 2 is 1.78 bits per heavy atom. The second-order valence-electron chi connectivity index (χ2n) is 6.75. The first-order valence-corrected chi connectivity index (χ1v) is 10.1. The lowest BCUT2D eigenvalue weighted by Gasteiger charge is -2.39. The summed E-state index contributed by atoms with van der Waals surface area (Å²) in [5.41, 5.74) is 1.09. The predicted molar refractivity (Wildman–Crippen MR) is 106 cm³/mol. The zero-order valence-electron chi connectivity index (χ0n) is 15.7. The predicted octanol–water partition coefficient (Wildman–Crippen LogP) is 4.68. The molecule has 2 aromatic rings. The Bertz CT molecular complexity index is 707. The summed E-state index contributed by atoms with van der Waals surface area (Å²) in [6.07, 6.45) is 0.836. The van der Waals surface area contributed by atoms with Crippen LogP contribution in [-0.2, 0) is 25.6 Å². The van der Waals surface area contributed by atoms with Crippen molar-refractivity contribution in [3.05, 3.63) is 66.2 Å². The molecule has 0 amide bonds. The van der Waals surface area contributed by atoms with Crippen molar-refractivity contribution in [2.45, 2.75) is 48.9 Å². The van der Waals surface area contributed by atoms with Gasteiger partial charge in [-0.25, -0.2) is 0 Å². The number of ether oxygens (including phenoxy) is 3. The molecule has 0 spiro atoms. The third-order valence-corrected chi connectivity index (χ3v) is 5.95. The van der Waals surface area contributed by atoms with Crippen molar-refractivity contribution in [1.29, 1.82) is 0 Å². The summed E-state index contributed by atoms with van der Waals surface area (Å²) in [5.74, 6) is -0.139. The van der Waals surface area contributed by atoms with Crippen molar-refractivity contribution in [2.75, 3.05) is 7.11 Å². The number of carbonyl (C=O) groups excluding carboxylic acids is 1. The monoisotopic (exact) mass is 386 g/mol. The van der Waals surface area contributed by atoms with E-state index in [1.165, 1.54) is 7.11 Å². The molecule has 0 aromatic heterocycles. The topological polar surface area (TPSA) is 44.8 Å². The van der Waals surface area contributed by atoms with Crippen LogP contribution in [0.3, 0.4) is 0 Å². The minimum atomic E-state index is -0.251. The first-order valence-electron chi connectivity index (χ1n) is 9.25. The fourth-order valence-corrected chi connectivity index (χ4v) is 4.33. The molecular weight excluding hydrogens is 360 g/mol. The average Bonchev–Trinajstić information content (AvgIpc) is 2.70. The van der Waals surface area contributed by atoms with E-state index in [9.17, 15) is 4.79 Å². The van der Waals surface area contributed by atoms with Gasteiger partial charge in [0.1, 0.15) is 5.44 Å². The lowest BCUT2D eigenvalue weighted by Crippen LogP contribution is -2.44. The third kappa shape index (κ3) is 5.83. The van der Waals surface area contributed by atoms with Crippen molar-refractivity contribution in [2.24, 2.45) is 5.92 Å². The second kappa shape index (κ2) is 9.93. The summed E-state index contributed by atoms with van der Waals surface area (Å²) in [4.78, 5) is 13.0. The smallest absolute Gasteiger partial charge is 0.308 e. The van der Waals surface area contributed by atoms with E-state index < -0.39 is 0 Å². The molecule has 144 valence electrons. The maximum Gasteiger partial charge on any atom is 0.308 e. The van der Waals surface area contributed by atoms with Gasteiger partial charge in [-0.3, -0.25) is 4.79 Å². The normalized spacial score (nSPS) is 25.1. The van der Waals surface area contributed by atoms with Crippen LogP contribution < -0.4 is 0 Å². The highest BCUT2D eigenvalue weighted by molar-refractivity contribution is 7.99. The van der Waals surface area contributed by atoms with E-state index in [1.54, 1.807) is 11.8 Å². The number of hydrogen-bond donors (Lipinski definition) is 0. The number of methoxy groups -OCH3 is 1. The fourth-order valence-electron chi connectivity index (χ4n) is 3.22. The van der Waals surface area contributed by atoms with Gasteiger partial charge in [0.2, 0.25) is 0 Å². The Labute approximate surface area is 165 Å². The maximum atomic E-state index is 11.8. The molecule has 0 saturated carbocycles. The van der Waals surface area contributed by atoms with Gasteiger partial charge in [-0.2, -0.15) is 0 Å². The van der Waals surface area contributed by atoms with Crippen LogP contribution in [0.4, 0.5) is 0 Å². The number of rotatable bonds is 7. The van der Waals surface area contributed by atoms with Crippen LogP contribution in [0.5, 0.6) is 0 Å². The van der Waals surface area contributed by atoms with Crippen molar-refractivity contribution >= 4 is 17.7 Å².